The minimum absolute atomic E-state index is 0.106. The molecule has 1 saturated heterocycles. The van der Waals surface area contributed by atoms with Crippen LogP contribution in [-0.2, 0) is 4.74 Å². The first kappa shape index (κ1) is 15.7. The molecule has 1 fully saturated rings. The van der Waals surface area contributed by atoms with Gasteiger partial charge in [0.25, 0.3) is 0 Å². The van der Waals surface area contributed by atoms with E-state index < -0.39 is 43.2 Å². The lowest BCUT2D eigenvalue weighted by Crippen LogP contribution is -2.60. The van der Waals surface area contributed by atoms with Crippen LogP contribution in [0, 0.1) is 0 Å². The van der Waals surface area contributed by atoms with Crippen molar-refractivity contribution in [3.8, 4) is 0 Å². The van der Waals surface area contributed by atoms with Crippen LogP contribution in [0.2, 0.25) is 0 Å². The Morgan fingerprint density at radius 2 is 1.71 bits per heavy atom. The van der Waals surface area contributed by atoms with Crippen molar-refractivity contribution in [1.82, 2.24) is 0 Å². The third-order valence-electron chi connectivity index (χ3n) is 3.33. The van der Waals surface area contributed by atoms with Gasteiger partial charge in [0.1, 0.15) is 24.4 Å². The number of hydrogen-bond donors (Lipinski definition) is 6. The first-order chi connectivity index (χ1) is 9.93. The first-order valence-electron chi connectivity index (χ1n) is 6.34. The van der Waals surface area contributed by atoms with Crippen molar-refractivity contribution in [3.05, 3.63) is 29.8 Å². The molecule has 0 amide bonds. The Morgan fingerprint density at radius 3 is 2.24 bits per heavy atom. The average Bonchev–Trinajstić information content (AvgIpc) is 2.48. The quantitative estimate of drug-likeness (QED) is 0.399. The lowest BCUT2D eigenvalue weighted by Gasteiger charge is -2.40. The van der Waals surface area contributed by atoms with E-state index in [1.54, 1.807) is 0 Å². The summed E-state index contributed by atoms with van der Waals surface area (Å²) >= 11 is 0. The molecule has 2 rings (SSSR count). The predicted molar refractivity (Wildman–Crippen MR) is 70.8 cm³/mol. The van der Waals surface area contributed by atoms with Crippen LogP contribution in [0.15, 0.2) is 24.3 Å². The van der Waals surface area contributed by atoms with Crippen molar-refractivity contribution in [2.24, 2.45) is 0 Å². The van der Waals surface area contributed by atoms with E-state index in [-0.39, 0.29) is 5.56 Å². The number of benzene rings is 1. The third-order valence-corrected chi connectivity index (χ3v) is 3.33. The van der Waals surface area contributed by atoms with E-state index in [4.69, 9.17) is 14.9 Å². The van der Waals surface area contributed by atoms with Gasteiger partial charge in [-0.05, 0) is 24.3 Å². The zero-order chi connectivity index (χ0) is 15.6. The van der Waals surface area contributed by atoms with Crippen molar-refractivity contribution in [1.29, 1.82) is 0 Å². The van der Waals surface area contributed by atoms with E-state index in [2.05, 4.69) is 5.32 Å². The molecule has 1 heterocycles. The lowest BCUT2D eigenvalue weighted by atomic mass is 9.98. The van der Waals surface area contributed by atoms with Gasteiger partial charge in [-0.25, -0.2) is 4.79 Å². The van der Waals surface area contributed by atoms with E-state index in [1.165, 1.54) is 24.3 Å². The molecule has 0 aliphatic carbocycles. The molecule has 0 unspecified atom stereocenters. The molecule has 1 aliphatic heterocycles. The fraction of sp³-hybridized carbons (Fsp3) is 0.462. The maximum absolute atomic E-state index is 10.7. The predicted octanol–water partition coefficient (Wildman–Crippen LogP) is -1.40. The van der Waals surface area contributed by atoms with Gasteiger partial charge in [0.2, 0.25) is 0 Å². The van der Waals surface area contributed by atoms with E-state index in [1.807, 2.05) is 0 Å². The molecule has 6 N–H and O–H groups in total. The third kappa shape index (κ3) is 3.31. The molecule has 1 aliphatic rings. The highest BCUT2D eigenvalue weighted by molar-refractivity contribution is 5.87. The Morgan fingerprint density at radius 1 is 1.10 bits per heavy atom. The minimum Gasteiger partial charge on any atom is -0.478 e. The van der Waals surface area contributed by atoms with Crippen molar-refractivity contribution >= 4 is 11.7 Å². The van der Waals surface area contributed by atoms with Crippen LogP contribution in [0.1, 0.15) is 10.4 Å². The zero-order valence-electron chi connectivity index (χ0n) is 11.0. The Bertz CT molecular complexity index is 490. The number of ether oxygens (including phenoxy) is 1. The molecule has 1 aromatic carbocycles. The number of aliphatic hydroxyl groups excluding tert-OH is 4. The molecule has 0 saturated carbocycles. The van der Waals surface area contributed by atoms with Crippen LogP contribution < -0.4 is 5.32 Å². The van der Waals surface area contributed by atoms with Gasteiger partial charge in [0, 0.05) is 5.69 Å². The Labute approximate surface area is 120 Å². The number of nitrogens with one attached hydrogen (secondary N) is 1. The summed E-state index contributed by atoms with van der Waals surface area (Å²) in [7, 11) is 0. The van der Waals surface area contributed by atoms with E-state index in [0.717, 1.165) is 0 Å². The monoisotopic (exact) mass is 299 g/mol. The summed E-state index contributed by atoms with van der Waals surface area (Å²) in [6.45, 7) is -0.513. The molecule has 0 aromatic heterocycles. The second kappa shape index (κ2) is 6.37. The standard InChI is InChI=1S/C13H17NO7/c15-5-8-9(16)10(17)11(18)12(21-8)14-7-3-1-6(2-4-7)13(19)20/h1-4,8-12,14-18H,5H2,(H,19,20)/t8-,9+,10+,11-,12-/m0/s1. The number of carbonyl (C=O) groups is 1. The molecule has 5 atom stereocenters. The molecule has 21 heavy (non-hydrogen) atoms. The summed E-state index contributed by atoms with van der Waals surface area (Å²) < 4.78 is 5.27. The van der Waals surface area contributed by atoms with Gasteiger partial charge in [0.15, 0.2) is 6.23 Å². The Hall–Kier alpha value is -1.71. The number of rotatable bonds is 4. The number of carboxylic acids is 1. The smallest absolute Gasteiger partial charge is 0.335 e. The second-order valence-corrected chi connectivity index (χ2v) is 4.78. The highest BCUT2D eigenvalue weighted by Gasteiger charge is 2.43. The number of aromatic carboxylic acids is 1. The highest BCUT2D eigenvalue weighted by atomic mass is 16.6. The molecule has 0 spiro atoms. The van der Waals surface area contributed by atoms with Crippen molar-refractivity contribution < 1.29 is 35.1 Å². The van der Waals surface area contributed by atoms with Gasteiger partial charge in [-0.1, -0.05) is 0 Å². The van der Waals surface area contributed by atoms with Gasteiger partial charge in [-0.15, -0.1) is 0 Å². The van der Waals surface area contributed by atoms with Gasteiger partial charge in [-0.2, -0.15) is 0 Å². The fourth-order valence-electron chi connectivity index (χ4n) is 2.09. The zero-order valence-corrected chi connectivity index (χ0v) is 11.0. The number of carboxylic acid groups (broad SMARTS) is 1. The molecular weight excluding hydrogens is 282 g/mol. The Kier molecular flexibility index (Phi) is 4.76. The molecular formula is C13H17NO7. The summed E-state index contributed by atoms with van der Waals surface area (Å²) in [4.78, 5) is 10.7. The SMILES string of the molecule is O=C(O)c1ccc(N[C@H]2O[C@@H](CO)[C@@H](O)[C@@H](O)[C@@H]2O)cc1. The molecule has 1 aromatic rings. The maximum atomic E-state index is 10.7. The first-order valence-corrected chi connectivity index (χ1v) is 6.34. The molecule has 0 bridgehead atoms. The van der Waals surface area contributed by atoms with Gasteiger partial charge >= 0.3 is 5.97 Å². The van der Waals surface area contributed by atoms with E-state index in [9.17, 15) is 20.1 Å². The van der Waals surface area contributed by atoms with E-state index >= 15 is 0 Å². The van der Waals surface area contributed by atoms with Crippen molar-refractivity contribution in [3.63, 3.8) is 0 Å². The summed E-state index contributed by atoms with van der Waals surface area (Å²) in [6, 6.07) is 5.69. The Balaban J connectivity index is 2.08. The highest BCUT2D eigenvalue weighted by Crippen LogP contribution is 2.23. The lowest BCUT2D eigenvalue weighted by molar-refractivity contribution is -0.221. The van der Waals surface area contributed by atoms with Crippen LogP contribution >= 0.6 is 0 Å². The molecule has 8 heteroatoms. The number of hydrogen-bond acceptors (Lipinski definition) is 7. The summed E-state index contributed by atoms with van der Waals surface area (Å²) in [5.41, 5.74) is 0.568. The van der Waals surface area contributed by atoms with Crippen molar-refractivity contribution in [2.75, 3.05) is 11.9 Å². The van der Waals surface area contributed by atoms with E-state index in [0.29, 0.717) is 5.69 Å². The average molecular weight is 299 g/mol. The second-order valence-electron chi connectivity index (χ2n) is 4.78. The largest absolute Gasteiger partial charge is 0.478 e. The number of anilines is 1. The molecule has 0 radical (unpaired) electrons. The summed E-state index contributed by atoms with van der Waals surface area (Å²) in [5.74, 6) is -1.06. The summed E-state index contributed by atoms with van der Waals surface area (Å²) in [5, 5.41) is 49.8. The van der Waals surface area contributed by atoms with Crippen LogP contribution in [-0.4, -0.2) is 68.8 Å². The normalized spacial score (nSPS) is 32.7. The fourth-order valence-corrected chi connectivity index (χ4v) is 2.09. The minimum atomic E-state index is -1.47. The maximum Gasteiger partial charge on any atom is 0.335 e. The van der Waals surface area contributed by atoms with Gasteiger partial charge < -0.3 is 35.6 Å². The molecule has 116 valence electrons. The van der Waals surface area contributed by atoms with Crippen LogP contribution in [0.4, 0.5) is 5.69 Å². The summed E-state index contributed by atoms with van der Waals surface area (Å²) in [6.07, 6.45) is -6.33. The van der Waals surface area contributed by atoms with Gasteiger partial charge in [-0.3, -0.25) is 0 Å². The van der Waals surface area contributed by atoms with Crippen LogP contribution in [0.3, 0.4) is 0 Å². The van der Waals surface area contributed by atoms with Crippen molar-refractivity contribution in [2.45, 2.75) is 30.6 Å². The van der Waals surface area contributed by atoms with Gasteiger partial charge in [0.05, 0.1) is 12.2 Å². The number of aliphatic hydroxyl groups is 4. The topological polar surface area (TPSA) is 139 Å². The van der Waals surface area contributed by atoms with Crippen LogP contribution in [0.5, 0.6) is 0 Å². The van der Waals surface area contributed by atoms with Crippen LogP contribution in [0.25, 0.3) is 0 Å². The molecule has 8 nitrogen and oxygen atoms in total.